The molecule has 0 bridgehead atoms. The van der Waals surface area contributed by atoms with Crippen LogP contribution in [-0.2, 0) is 20.7 Å². The van der Waals surface area contributed by atoms with Gasteiger partial charge in [-0.05, 0) is 36.4 Å². The van der Waals surface area contributed by atoms with Crippen molar-refractivity contribution < 1.29 is 14.3 Å². The largest absolute Gasteiger partial charge is 0.381 e. The molecule has 1 unspecified atom stereocenters. The summed E-state index contributed by atoms with van der Waals surface area (Å²) in [5.41, 5.74) is 0.621. The summed E-state index contributed by atoms with van der Waals surface area (Å²) in [5.74, 6) is -0.0817. The Morgan fingerprint density at radius 3 is 2.63 bits per heavy atom. The van der Waals surface area contributed by atoms with Crippen molar-refractivity contribution in [1.29, 1.82) is 0 Å². The monoisotopic (exact) mass is 384 g/mol. The van der Waals surface area contributed by atoms with Crippen molar-refractivity contribution >= 4 is 28.8 Å². The quantitative estimate of drug-likeness (QED) is 0.881. The Labute approximate surface area is 163 Å². The molecule has 27 heavy (non-hydrogen) atoms. The highest BCUT2D eigenvalue weighted by molar-refractivity contribution is 7.10. The van der Waals surface area contributed by atoms with Crippen LogP contribution < -0.4 is 5.32 Å². The first kappa shape index (κ1) is 18.2. The van der Waals surface area contributed by atoms with Gasteiger partial charge in [-0.15, -0.1) is 11.3 Å². The number of hydrogen-bond acceptors (Lipinski definition) is 4. The van der Waals surface area contributed by atoms with Crippen LogP contribution in [0, 0.1) is 11.3 Å². The molecule has 142 valence electrons. The Morgan fingerprint density at radius 2 is 1.93 bits per heavy atom. The molecule has 2 aliphatic rings. The average Bonchev–Trinajstić information content (AvgIpc) is 3.31. The number of nitrogens with one attached hydrogen (secondary N) is 1. The number of hydrogen-bond donors (Lipinski definition) is 1. The maximum Gasteiger partial charge on any atom is 0.229 e. The number of rotatable bonds is 4. The number of thiophene rings is 1. The number of carbonyl (C=O) groups is 2. The summed E-state index contributed by atoms with van der Waals surface area (Å²) in [4.78, 5) is 28.9. The molecule has 2 aromatic rings. The van der Waals surface area contributed by atoms with Crippen LogP contribution in [-0.4, -0.2) is 43.0 Å². The van der Waals surface area contributed by atoms with Crippen molar-refractivity contribution in [2.75, 3.05) is 31.6 Å². The van der Waals surface area contributed by atoms with Crippen LogP contribution in [0.3, 0.4) is 0 Å². The molecule has 6 heteroatoms. The van der Waals surface area contributed by atoms with E-state index < -0.39 is 0 Å². The molecule has 1 aromatic carbocycles. The number of ether oxygens (including phenoxy) is 1. The van der Waals surface area contributed by atoms with Crippen LogP contribution in [0.5, 0.6) is 0 Å². The summed E-state index contributed by atoms with van der Waals surface area (Å²) in [6.07, 6.45) is 2.06. The van der Waals surface area contributed by atoms with E-state index in [1.807, 2.05) is 52.7 Å². The van der Waals surface area contributed by atoms with E-state index in [1.54, 1.807) is 11.3 Å². The Balaban J connectivity index is 1.51. The summed E-state index contributed by atoms with van der Waals surface area (Å²) in [7, 11) is 0. The SMILES string of the molecule is O=C(Nc1ccccc1)C1CN(C(=O)Cc2cccs2)CC12CCOCC2. The van der Waals surface area contributed by atoms with Crippen molar-refractivity contribution in [2.45, 2.75) is 19.3 Å². The Morgan fingerprint density at radius 1 is 1.15 bits per heavy atom. The second-order valence-corrected chi connectivity index (χ2v) is 8.45. The lowest BCUT2D eigenvalue weighted by molar-refractivity contribution is -0.130. The number of carbonyl (C=O) groups excluding carboxylic acids is 2. The molecule has 2 amide bonds. The molecular formula is C21H24N2O3S. The molecule has 3 heterocycles. The fourth-order valence-corrected chi connectivity index (χ4v) is 4.93. The van der Waals surface area contributed by atoms with E-state index in [-0.39, 0.29) is 23.1 Å². The molecule has 0 radical (unpaired) electrons. The second-order valence-electron chi connectivity index (χ2n) is 7.41. The first-order chi connectivity index (χ1) is 13.2. The van der Waals surface area contributed by atoms with Gasteiger partial charge in [-0.25, -0.2) is 0 Å². The van der Waals surface area contributed by atoms with E-state index in [0.717, 1.165) is 23.4 Å². The van der Waals surface area contributed by atoms with Gasteiger partial charge in [0.2, 0.25) is 11.8 Å². The third-order valence-corrected chi connectivity index (χ3v) is 6.63. The smallest absolute Gasteiger partial charge is 0.229 e. The van der Waals surface area contributed by atoms with Crippen molar-refractivity contribution in [3.05, 3.63) is 52.7 Å². The van der Waals surface area contributed by atoms with Gasteiger partial charge in [0, 0.05) is 42.3 Å². The van der Waals surface area contributed by atoms with Crippen LogP contribution in [0.25, 0.3) is 0 Å². The van der Waals surface area contributed by atoms with Crippen LogP contribution in [0.1, 0.15) is 17.7 Å². The molecule has 1 aromatic heterocycles. The summed E-state index contributed by atoms with van der Waals surface area (Å²) in [5, 5.41) is 5.03. The normalized spacial score (nSPS) is 21.3. The van der Waals surface area contributed by atoms with Crippen LogP contribution in [0.2, 0.25) is 0 Å². The average molecular weight is 385 g/mol. The fourth-order valence-electron chi connectivity index (χ4n) is 4.23. The number of likely N-dealkylation sites (tertiary alicyclic amines) is 1. The molecule has 5 nitrogen and oxygen atoms in total. The lowest BCUT2D eigenvalue weighted by atomic mass is 9.71. The Bertz CT molecular complexity index is 785. The lowest BCUT2D eigenvalue weighted by Crippen LogP contribution is -2.42. The minimum absolute atomic E-state index is 0.00882. The van der Waals surface area contributed by atoms with Crippen molar-refractivity contribution in [2.24, 2.45) is 11.3 Å². The third kappa shape index (κ3) is 3.92. The maximum absolute atomic E-state index is 13.1. The van der Waals surface area contributed by atoms with Crippen LogP contribution >= 0.6 is 11.3 Å². The topological polar surface area (TPSA) is 58.6 Å². The van der Waals surface area contributed by atoms with E-state index in [4.69, 9.17) is 4.74 Å². The van der Waals surface area contributed by atoms with Gasteiger partial charge in [0.15, 0.2) is 0 Å². The first-order valence-electron chi connectivity index (χ1n) is 9.40. The maximum atomic E-state index is 13.1. The van der Waals surface area contributed by atoms with Crippen LogP contribution in [0.15, 0.2) is 47.8 Å². The lowest BCUT2D eigenvalue weighted by Gasteiger charge is -2.37. The van der Waals surface area contributed by atoms with Crippen LogP contribution in [0.4, 0.5) is 5.69 Å². The van der Waals surface area contributed by atoms with E-state index in [1.165, 1.54) is 0 Å². The highest BCUT2D eigenvalue weighted by Crippen LogP contribution is 2.45. The zero-order valence-electron chi connectivity index (χ0n) is 15.2. The fraction of sp³-hybridized carbons (Fsp3) is 0.429. The van der Waals surface area contributed by atoms with E-state index in [2.05, 4.69) is 5.32 Å². The van der Waals surface area contributed by atoms with Gasteiger partial charge >= 0.3 is 0 Å². The number of anilines is 1. The summed E-state index contributed by atoms with van der Waals surface area (Å²) in [6, 6.07) is 13.5. The summed E-state index contributed by atoms with van der Waals surface area (Å²) >= 11 is 1.60. The number of amides is 2. The van der Waals surface area contributed by atoms with Gasteiger partial charge in [-0.3, -0.25) is 9.59 Å². The van der Waals surface area contributed by atoms with E-state index >= 15 is 0 Å². The van der Waals surface area contributed by atoms with Crippen molar-refractivity contribution in [1.82, 2.24) is 4.90 Å². The zero-order chi connectivity index (χ0) is 18.7. The number of para-hydroxylation sites is 1. The van der Waals surface area contributed by atoms with E-state index in [9.17, 15) is 9.59 Å². The predicted molar refractivity (Wildman–Crippen MR) is 106 cm³/mol. The number of benzene rings is 1. The molecule has 4 rings (SSSR count). The molecule has 1 atom stereocenters. The molecule has 2 fully saturated rings. The Kier molecular flexibility index (Phi) is 5.27. The standard InChI is InChI=1S/C21H24N2O3S/c24-19(13-17-7-4-12-27-17)23-14-18(21(15-23)8-10-26-11-9-21)20(25)22-16-5-2-1-3-6-16/h1-7,12,18H,8-11,13-15H2,(H,22,25). The highest BCUT2D eigenvalue weighted by atomic mass is 32.1. The van der Waals surface area contributed by atoms with Gasteiger partial charge in [0.1, 0.15) is 0 Å². The Hall–Kier alpha value is -2.18. The number of nitrogens with zero attached hydrogens (tertiary/aromatic N) is 1. The molecule has 1 N–H and O–H groups in total. The minimum atomic E-state index is -0.200. The van der Waals surface area contributed by atoms with E-state index in [0.29, 0.717) is 32.7 Å². The molecule has 0 saturated carbocycles. The van der Waals surface area contributed by atoms with Crippen molar-refractivity contribution in [3.63, 3.8) is 0 Å². The first-order valence-corrected chi connectivity index (χ1v) is 10.3. The molecular weight excluding hydrogens is 360 g/mol. The van der Waals surface area contributed by atoms with Gasteiger partial charge in [0.05, 0.1) is 12.3 Å². The molecule has 1 spiro atoms. The van der Waals surface area contributed by atoms with Gasteiger partial charge in [-0.1, -0.05) is 24.3 Å². The molecule has 2 aliphatic heterocycles. The molecule has 2 saturated heterocycles. The van der Waals surface area contributed by atoms with Gasteiger partial charge in [-0.2, -0.15) is 0 Å². The second kappa shape index (κ2) is 7.82. The zero-order valence-corrected chi connectivity index (χ0v) is 16.0. The third-order valence-electron chi connectivity index (χ3n) is 5.75. The van der Waals surface area contributed by atoms with Gasteiger partial charge in [0.25, 0.3) is 0 Å². The summed E-state index contributed by atoms with van der Waals surface area (Å²) in [6.45, 7) is 2.44. The predicted octanol–water partition coefficient (Wildman–Crippen LogP) is 3.18. The highest BCUT2D eigenvalue weighted by Gasteiger charge is 2.51. The molecule has 0 aliphatic carbocycles. The van der Waals surface area contributed by atoms with Gasteiger partial charge < -0.3 is 15.0 Å². The minimum Gasteiger partial charge on any atom is -0.381 e. The van der Waals surface area contributed by atoms with Crippen molar-refractivity contribution in [3.8, 4) is 0 Å². The summed E-state index contributed by atoms with van der Waals surface area (Å²) < 4.78 is 5.55.